The van der Waals surface area contributed by atoms with Crippen molar-refractivity contribution in [2.45, 2.75) is 27.2 Å². The molecule has 1 aliphatic heterocycles. The molecule has 2 aromatic rings. The van der Waals surface area contributed by atoms with Gasteiger partial charge in [0.25, 0.3) is 5.91 Å². The lowest BCUT2D eigenvalue weighted by molar-refractivity contribution is -0.139. The van der Waals surface area contributed by atoms with Crippen LogP contribution in [-0.4, -0.2) is 46.8 Å². The minimum Gasteiger partial charge on any atom is -0.490 e. The largest absolute Gasteiger partial charge is 0.490 e. The number of amidine groups is 1. The van der Waals surface area contributed by atoms with Crippen molar-refractivity contribution in [2.24, 2.45) is 10.9 Å². The van der Waals surface area contributed by atoms with E-state index in [4.69, 9.17) is 19.6 Å². The van der Waals surface area contributed by atoms with Gasteiger partial charge in [-0.05, 0) is 60.5 Å². The number of carbonyl (C=O) groups excluding carboxylic acids is 1. The zero-order chi connectivity index (χ0) is 23.8. The molecule has 174 valence electrons. The monoisotopic (exact) mass is 468 g/mol. The van der Waals surface area contributed by atoms with Crippen molar-refractivity contribution in [1.29, 1.82) is 0 Å². The number of carboxylic acids is 1. The highest BCUT2D eigenvalue weighted by Crippen LogP contribution is 2.36. The summed E-state index contributed by atoms with van der Waals surface area (Å²) in [5.74, 6) is -0.0396. The van der Waals surface area contributed by atoms with Crippen molar-refractivity contribution in [2.75, 3.05) is 19.8 Å². The Morgan fingerprint density at radius 1 is 1.15 bits per heavy atom. The molecule has 0 aliphatic carbocycles. The molecule has 1 amide bonds. The van der Waals surface area contributed by atoms with Gasteiger partial charge in [-0.2, -0.15) is 0 Å². The first-order chi connectivity index (χ1) is 15.9. The fraction of sp³-hybridized carbons (Fsp3) is 0.320. The number of hydrogen-bond acceptors (Lipinski definition) is 6. The number of nitrogens with zero attached hydrogens (tertiary/aromatic N) is 2. The number of carboxylic acid groups (broad SMARTS) is 1. The molecule has 1 saturated heterocycles. The number of carbonyl (C=O) groups is 2. The lowest BCUT2D eigenvalue weighted by Gasteiger charge is -2.19. The van der Waals surface area contributed by atoms with Crippen molar-refractivity contribution in [1.82, 2.24) is 4.90 Å². The summed E-state index contributed by atoms with van der Waals surface area (Å²) < 4.78 is 10.9. The summed E-state index contributed by atoms with van der Waals surface area (Å²) in [4.78, 5) is 31.1. The fourth-order valence-electron chi connectivity index (χ4n) is 3.10. The van der Waals surface area contributed by atoms with Crippen LogP contribution in [0.3, 0.4) is 0 Å². The van der Waals surface area contributed by atoms with Gasteiger partial charge in [-0.1, -0.05) is 44.5 Å². The maximum absolute atomic E-state index is 13.3. The van der Waals surface area contributed by atoms with Gasteiger partial charge in [0.2, 0.25) is 0 Å². The Morgan fingerprint density at radius 2 is 1.91 bits per heavy atom. The SMILES string of the molecule is CCOc1cc(/C=C2/SC(=Nc3ccccc3)N(C[C@H](C)CC)C2=O)ccc1OCC(=O)O. The molecule has 0 saturated carbocycles. The lowest BCUT2D eigenvalue weighted by Crippen LogP contribution is -2.33. The van der Waals surface area contributed by atoms with Crippen LogP contribution in [0.25, 0.3) is 6.08 Å². The summed E-state index contributed by atoms with van der Waals surface area (Å²) in [6.07, 6.45) is 2.76. The van der Waals surface area contributed by atoms with Crippen molar-refractivity contribution in [3.63, 3.8) is 0 Å². The molecule has 0 unspecified atom stereocenters. The topological polar surface area (TPSA) is 88.4 Å². The Balaban J connectivity index is 1.92. The van der Waals surface area contributed by atoms with E-state index < -0.39 is 12.6 Å². The van der Waals surface area contributed by atoms with Gasteiger partial charge >= 0.3 is 5.97 Å². The maximum Gasteiger partial charge on any atom is 0.341 e. The third kappa shape index (κ3) is 6.61. The quantitative estimate of drug-likeness (QED) is 0.482. The molecule has 1 N–H and O–H groups in total. The minimum atomic E-state index is -1.07. The first kappa shape index (κ1) is 24.4. The van der Waals surface area contributed by atoms with Gasteiger partial charge in [-0.15, -0.1) is 0 Å². The molecular formula is C25H28N2O5S. The second-order valence-electron chi connectivity index (χ2n) is 7.59. The number of para-hydroxylation sites is 1. The highest BCUT2D eigenvalue weighted by molar-refractivity contribution is 8.18. The third-order valence-electron chi connectivity index (χ3n) is 4.98. The highest BCUT2D eigenvalue weighted by atomic mass is 32.2. The van der Waals surface area contributed by atoms with Crippen LogP contribution in [0.5, 0.6) is 11.5 Å². The molecule has 1 aliphatic rings. The highest BCUT2D eigenvalue weighted by Gasteiger charge is 2.34. The van der Waals surface area contributed by atoms with E-state index in [1.807, 2.05) is 37.3 Å². The fourth-order valence-corrected chi connectivity index (χ4v) is 4.11. The molecular weight excluding hydrogens is 440 g/mol. The summed E-state index contributed by atoms with van der Waals surface area (Å²) >= 11 is 1.34. The molecule has 0 spiro atoms. The summed E-state index contributed by atoms with van der Waals surface area (Å²) in [6, 6.07) is 14.7. The normalized spacial score (nSPS) is 16.9. The van der Waals surface area contributed by atoms with Crippen molar-refractivity contribution in [3.8, 4) is 11.5 Å². The Kier molecular flexibility index (Phi) is 8.54. The Labute approximate surface area is 198 Å². The second kappa shape index (κ2) is 11.6. The number of aliphatic imine (C=N–C) groups is 1. The average molecular weight is 469 g/mol. The van der Waals surface area contributed by atoms with E-state index in [2.05, 4.69) is 13.8 Å². The van der Waals surface area contributed by atoms with E-state index in [1.54, 1.807) is 29.2 Å². The molecule has 0 radical (unpaired) electrons. The summed E-state index contributed by atoms with van der Waals surface area (Å²) in [5, 5.41) is 9.53. The Hall–Kier alpha value is -3.26. The van der Waals surface area contributed by atoms with Gasteiger partial charge < -0.3 is 14.6 Å². The molecule has 7 nitrogen and oxygen atoms in total. The van der Waals surface area contributed by atoms with Gasteiger partial charge in [0.1, 0.15) is 0 Å². The van der Waals surface area contributed by atoms with Crippen LogP contribution in [0.1, 0.15) is 32.8 Å². The maximum atomic E-state index is 13.3. The zero-order valence-electron chi connectivity index (χ0n) is 19.0. The van der Waals surface area contributed by atoms with Crippen LogP contribution in [0.15, 0.2) is 58.4 Å². The summed E-state index contributed by atoms with van der Waals surface area (Å²) in [6.45, 7) is 6.59. The average Bonchev–Trinajstić information content (AvgIpc) is 3.08. The van der Waals surface area contributed by atoms with Gasteiger partial charge in [-0.3, -0.25) is 9.69 Å². The van der Waals surface area contributed by atoms with Crippen LogP contribution in [0.4, 0.5) is 5.69 Å². The molecule has 1 fully saturated rings. The number of benzene rings is 2. The first-order valence-corrected chi connectivity index (χ1v) is 11.7. The van der Waals surface area contributed by atoms with E-state index in [-0.39, 0.29) is 5.91 Å². The Morgan fingerprint density at radius 3 is 2.58 bits per heavy atom. The van der Waals surface area contributed by atoms with Crippen molar-refractivity contribution >= 4 is 40.6 Å². The van der Waals surface area contributed by atoms with Gasteiger partial charge in [-0.25, -0.2) is 9.79 Å². The van der Waals surface area contributed by atoms with Crippen LogP contribution >= 0.6 is 11.8 Å². The number of aliphatic carboxylic acids is 1. The molecule has 8 heteroatoms. The van der Waals surface area contributed by atoms with E-state index >= 15 is 0 Å². The van der Waals surface area contributed by atoms with E-state index in [0.29, 0.717) is 40.6 Å². The number of ether oxygens (including phenoxy) is 2. The van der Waals surface area contributed by atoms with E-state index in [1.165, 1.54) is 11.8 Å². The van der Waals surface area contributed by atoms with Crippen LogP contribution in [0, 0.1) is 5.92 Å². The van der Waals surface area contributed by atoms with Crippen molar-refractivity contribution < 1.29 is 24.2 Å². The molecule has 1 atom stereocenters. The molecule has 0 aromatic heterocycles. The predicted molar refractivity (Wildman–Crippen MR) is 131 cm³/mol. The second-order valence-corrected chi connectivity index (χ2v) is 8.60. The van der Waals surface area contributed by atoms with E-state index in [0.717, 1.165) is 17.7 Å². The predicted octanol–water partition coefficient (Wildman–Crippen LogP) is 5.20. The van der Waals surface area contributed by atoms with Crippen LogP contribution in [-0.2, 0) is 9.59 Å². The molecule has 2 aromatic carbocycles. The molecule has 3 rings (SSSR count). The Bertz CT molecular complexity index is 1050. The number of hydrogen-bond donors (Lipinski definition) is 1. The number of amides is 1. The standard InChI is InChI=1S/C25H28N2O5S/c1-4-17(3)15-27-24(30)22(33-25(27)26-19-9-7-6-8-10-19)14-18-11-12-20(32-16-23(28)29)21(13-18)31-5-2/h6-14,17H,4-5,15-16H2,1-3H3,(H,28,29)/b22-14+,26-25?/t17-/m1/s1. The van der Waals surface area contributed by atoms with Crippen LogP contribution in [0.2, 0.25) is 0 Å². The van der Waals surface area contributed by atoms with Gasteiger partial charge in [0.15, 0.2) is 23.3 Å². The molecule has 0 bridgehead atoms. The van der Waals surface area contributed by atoms with Crippen LogP contribution < -0.4 is 9.47 Å². The number of thioether (sulfide) groups is 1. The molecule has 33 heavy (non-hydrogen) atoms. The molecule has 1 heterocycles. The zero-order valence-corrected chi connectivity index (χ0v) is 19.8. The van der Waals surface area contributed by atoms with Crippen molar-refractivity contribution in [3.05, 3.63) is 59.0 Å². The van der Waals surface area contributed by atoms with E-state index in [9.17, 15) is 9.59 Å². The smallest absolute Gasteiger partial charge is 0.341 e. The lowest BCUT2D eigenvalue weighted by atomic mass is 10.1. The van der Waals surface area contributed by atoms with Gasteiger partial charge in [0.05, 0.1) is 17.2 Å². The minimum absolute atomic E-state index is 0.0841. The van der Waals surface area contributed by atoms with Gasteiger partial charge in [0, 0.05) is 6.54 Å². The summed E-state index contributed by atoms with van der Waals surface area (Å²) in [7, 11) is 0. The summed E-state index contributed by atoms with van der Waals surface area (Å²) in [5.41, 5.74) is 1.54. The number of rotatable bonds is 10. The third-order valence-corrected chi connectivity index (χ3v) is 5.98. The first-order valence-electron chi connectivity index (χ1n) is 10.9.